The number of hydrogen-bond donors (Lipinski definition) is 0. The predicted octanol–water partition coefficient (Wildman–Crippen LogP) is 7.48. The minimum Gasteiger partial charge on any atom is -0.457 e. The van der Waals surface area contributed by atoms with Crippen molar-refractivity contribution in [3.63, 3.8) is 0 Å². The molecule has 3 aromatic rings. The van der Waals surface area contributed by atoms with Crippen molar-refractivity contribution in [1.82, 2.24) is 4.98 Å². The number of hydrogen-bond acceptors (Lipinski definition) is 4. The summed E-state index contributed by atoms with van der Waals surface area (Å²) in [5.74, 6) is -2.16. The Morgan fingerprint density at radius 3 is 2.54 bits per heavy atom. The summed E-state index contributed by atoms with van der Waals surface area (Å²) in [5, 5.41) is -0.522. The molecule has 1 aliphatic rings. The van der Waals surface area contributed by atoms with Gasteiger partial charge in [0.2, 0.25) is 0 Å². The van der Waals surface area contributed by atoms with Crippen LogP contribution in [0.1, 0.15) is 35.6 Å². The molecule has 1 heterocycles. The highest BCUT2D eigenvalue weighted by Crippen LogP contribution is 2.46. The maximum Gasteiger partial charge on any atom is 0.416 e. The number of aromatic nitrogens is 1. The highest BCUT2D eigenvalue weighted by molar-refractivity contribution is 6.32. The molecule has 0 saturated heterocycles. The number of halogens is 5. The van der Waals surface area contributed by atoms with Gasteiger partial charge in [-0.15, -0.1) is 0 Å². The molecule has 0 aliphatic heterocycles. The predicted molar refractivity (Wildman–Crippen MR) is 122 cm³/mol. The van der Waals surface area contributed by atoms with Gasteiger partial charge in [-0.05, 0) is 60.7 Å². The number of pyridine rings is 1. The van der Waals surface area contributed by atoms with Crippen LogP contribution < -0.4 is 4.74 Å². The largest absolute Gasteiger partial charge is 0.457 e. The SMILES string of the molecule is C=C(C(=O)OCc1cccc(Oc2c(F)cc(C(F)(F)F)cc2Cl)c1)C(c1ccccn1)C1CC1. The zero-order chi connectivity index (χ0) is 25.2. The number of esters is 1. The Hall–Kier alpha value is -3.39. The fraction of sp³-hybridized carbons (Fsp3) is 0.231. The lowest BCUT2D eigenvalue weighted by molar-refractivity contribution is -0.140. The molecule has 4 nitrogen and oxygen atoms in total. The Morgan fingerprint density at radius 2 is 1.91 bits per heavy atom. The topological polar surface area (TPSA) is 48.4 Å². The van der Waals surface area contributed by atoms with Gasteiger partial charge in [-0.2, -0.15) is 13.2 Å². The lowest BCUT2D eigenvalue weighted by atomic mass is 9.91. The number of benzene rings is 2. The zero-order valence-electron chi connectivity index (χ0n) is 18.3. The Morgan fingerprint density at radius 1 is 1.14 bits per heavy atom. The average molecular weight is 506 g/mol. The second-order valence-electron chi connectivity index (χ2n) is 8.19. The Balaban J connectivity index is 1.43. The van der Waals surface area contributed by atoms with Gasteiger partial charge in [0.25, 0.3) is 0 Å². The van der Waals surface area contributed by atoms with E-state index >= 15 is 0 Å². The molecule has 4 rings (SSSR count). The van der Waals surface area contributed by atoms with E-state index in [9.17, 15) is 22.4 Å². The van der Waals surface area contributed by atoms with Crippen molar-refractivity contribution in [1.29, 1.82) is 0 Å². The Kier molecular flexibility index (Phi) is 7.12. The van der Waals surface area contributed by atoms with Crippen LogP contribution in [0.25, 0.3) is 0 Å². The normalized spacial score (nSPS) is 14.3. The second-order valence-corrected chi connectivity index (χ2v) is 8.59. The van der Waals surface area contributed by atoms with E-state index in [1.54, 1.807) is 24.4 Å². The van der Waals surface area contributed by atoms with E-state index < -0.39 is 34.3 Å². The van der Waals surface area contributed by atoms with Crippen LogP contribution in [-0.2, 0) is 22.3 Å². The first-order valence-corrected chi connectivity index (χ1v) is 11.1. The molecule has 0 N–H and O–H groups in total. The molecule has 0 spiro atoms. The number of alkyl halides is 3. The Bertz CT molecular complexity index is 1220. The van der Waals surface area contributed by atoms with Crippen molar-refractivity contribution in [2.45, 2.75) is 31.5 Å². The molecule has 35 heavy (non-hydrogen) atoms. The smallest absolute Gasteiger partial charge is 0.416 e. The zero-order valence-corrected chi connectivity index (χ0v) is 19.1. The number of carbonyl (C=O) groups is 1. The molecule has 1 fully saturated rings. The summed E-state index contributed by atoms with van der Waals surface area (Å²) in [6, 6.07) is 12.6. The molecule has 2 aromatic carbocycles. The van der Waals surface area contributed by atoms with Gasteiger partial charge >= 0.3 is 12.1 Å². The van der Waals surface area contributed by atoms with Gasteiger partial charge in [0.05, 0.1) is 10.6 Å². The molecule has 182 valence electrons. The third-order valence-electron chi connectivity index (χ3n) is 5.55. The third kappa shape index (κ3) is 6.00. The van der Waals surface area contributed by atoms with E-state index in [2.05, 4.69) is 11.6 Å². The van der Waals surface area contributed by atoms with Crippen LogP contribution >= 0.6 is 11.6 Å². The van der Waals surface area contributed by atoms with E-state index in [0.717, 1.165) is 18.5 Å². The van der Waals surface area contributed by atoms with Crippen molar-refractivity contribution >= 4 is 17.6 Å². The molecule has 1 aliphatic carbocycles. The monoisotopic (exact) mass is 505 g/mol. The maximum atomic E-state index is 14.3. The quantitative estimate of drug-likeness (QED) is 0.181. The van der Waals surface area contributed by atoms with Crippen LogP contribution in [0.4, 0.5) is 17.6 Å². The molecule has 1 saturated carbocycles. The highest BCUT2D eigenvalue weighted by atomic mass is 35.5. The highest BCUT2D eigenvalue weighted by Gasteiger charge is 2.37. The van der Waals surface area contributed by atoms with E-state index in [0.29, 0.717) is 29.2 Å². The van der Waals surface area contributed by atoms with E-state index in [1.807, 2.05) is 12.1 Å². The molecule has 0 amide bonds. The lowest BCUT2D eigenvalue weighted by Crippen LogP contribution is -2.16. The summed E-state index contributed by atoms with van der Waals surface area (Å²) >= 11 is 5.83. The summed E-state index contributed by atoms with van der Waals surface area (Å²) < 4.78 is 63.6. The van der Waals surface area contributed by atoms with Crippen LogP contribution in [0.5, 0.6) is 11.5 Å². The molecule has 0 radical (unpaired) electrons. The second kappa shape index (κ2) is 10.1. The molecule has 0 bridgehead atoms. The molecule has 1 aromatic heterocycles. The first kappa shape index (κ1) is 24.7. The number of ether oxygens (including phenoxy) is 2. The molecule has 9 heteroatoms. The van der Waals surface area contributed by atoms with Crippen LogP contribution in [0, 0.1) is 11.7 Å². The first-order valence-electron chi connectivity index (χ1n) is 10.7. The van der Waals surface area contributed by atoms with E-state index in [-0.39, 0.29) is 18.3 Å². The standard InChI is InChI=1S/C26H20ClF4NO3/c1-15(23(17-8-9-17)22-7-2-3-10-32-22)25(33)34-14-16-5-4-6-19(11-16)35-24-20(27)12-18(13-21(24)28)26(29,30)31/h2-7,10-13,17,23H,1,8-9,14H2. The van der Waals surface area contributed by atoms with Crippen molar-refractivity contribution in [3.8, 4) is 11.5 Å². The third-order valence-corrected chi connectivity index (χ3v) is 5.83. The van der Waals surface area contributed by atoms with Gasteiger partial charge in [0, 0.05) is 23.4 Å². The fourth-order valence-corrected chi connectivity index (χ4v) is 3.95. The van der Waals surface area contributed by atoms with Crippen molar-refractivity contribution < 1.29 is 31.8 Å². The van der Waals surface area contributed by atoms with Gasteiger partial charge in [0.15, 0.2) is 11.6 Å². The molecular formula is C26H20ClF4NO3. The molecule has 1 atom stereocenters. The van der Waals surface area contributed by atoms with Crippen molar-refractivity contribution in [2.75, 3.05) is 0 Å². The van der Waals surface area contributed by atoms with Crippen LogP contribution in [-0.4, -0.2) is 11.0 Å². The van der Waals surface area contributed by atoms with E-state index in [4.69, 9.17) is 21.1 Å². The minimum atomic E-state index is -4.74. The van der Waals surface area contributed by atoms with Crippen molar-refractivity contribution in [3.05, 3.63) is 101 Å². The summed E-state index contributed by atoms with van der Waals surface area (Å²) in [6.45, 7) is 3.83. The summed E-state index contributed by atoms with van der Waals surface area (Å²) in [6.07, 6.45) is -1.11. The number of carbonyl (C=O) groups excluding carboxylic acids is 1. The molecule has 1 unspecified atom stereocenters. The van der Waals surface area contributed by atoms with Gasteiger partial charge in [0.1, 0.15) is 12.4 Å². The maximum absolute atomic E-state index is 14.3. The van der Waals surface area contributed by atoms with Gasteiger partial charge in [-0.1, -0.05) is 36.4 Å². The van der Waals surface area contributed by atoms with Gasteiger partial charge in [-0.3, -0.25) is 4.98 Å². The number of rotatable bonds is 8. The minimum absolute atomic E-state index is 0.113. The van der Waals surface area contributed by atoms with Crippen LogP contribution in [0.2, 0.25) is 5.02 Å². The lowest BCUT2D eigenvalue weighted by Gasteiger charge is -2.18. The fourth-order valence-electron chi connectivity index (χ4n) is 3.70. The van der Waals surface area contributed by atoms with Crippen LogP contribution in [0.15, 0.2) is 72.9 Å². The van der Waals surface area contributed by atoms with E-state index in [1.165, 1.54) is 12.1 Å². The summed E-state index contributed by atoms with van der Waals surface area (Å²) in [7, 11) is 0. The molecular weight excluding hydrogens is 486 g/mol. The number of nitrogens with zero attached hydrogens (tertiary/aromatic N) is 1. The van der Waals surface area contributed by atoms with Crippen molar-refractivity contribution in [2.24, 2.45) is 5.92 Å². The summed E-state index contributed by atoms with van der Waals surface area (Å²) in [5.41, 5.74) is 0.386. The summed E-state index contributed by atoms with van der Waals surface area (Å²) in [4.78, 5) is 17.1. The first-order chi connectivity index (χ1) is 16.6. The van der Waals surface area contributed by atoms with Crippen LogP contribution in [0.3, 0.4) is 0 Å². The van der Waals surface area contributed by atoms with Gasteiger partial charge in [-0.25, -0.2) is 9.18 Å². The average Bonchev–Trinajstić information content (AvgIpc) is 3.65. The van der Waals surface area contributed by atoms with Gasteiger partial charge < -0.3 is 9.47 Å². The Labute approximate surface area is 204 Å².